The molecule has 2 aromatic carbocycles. The number of hydrogen-bond donors (Lipinski definition) is 1. The van der Waals surface area contributed by atoms with Gasteiger partial charge in [-0.25, -0.2) is 4.98 Å². The second-order valence-corrected chi connectivity index (χ2v) is 7.70. The van der Waals surface area contributed by atoms with Crippen LogP contribution in [0.4, 0.5) is 5.69 Å². The van der Waals surface area contributed by atoms with E-state index in [2.05, 4.69) is 83.0 Å². The third kappa shape index (κ3) is 5.67. The molecule has 0 fully saturated rings. The Bertz CT molecular complexity index is 898. The van der Waals surface area contributed by atoms with E-state index in [-0.39, 0.29) is 0 Å². The Morgan fingerprint density at radius 1 is 1.11 bits per heavy atom. The van der Waals surface area contributed by atoms with E-state index in [4.69, 9.17) is 12.2 Å². The first kappa shape index (κ1) is 20.1. The topological polar surface area (TPSA) is 33.1 Å². The average molecular weight is 393 g/mol. The van der Waals surface area contributed by atoms with Gasteiger partial charge in [-0.2, -0.15) is 0 Å². The molecule has 0 saturated carbocycles. The highest BCUT2D eigenvalue weighted by molar-refractivity contribution is 7.80. The molecule has 0 saturated heterocycles. The van der Waals surface area contributed by atoms with Gasteiger partial charge in [-0.1, -0.05) is 30.3 Å². The number of aryl methyl sites for hydroxylation is 4. The lowest BCUT2D eigenvalue weighted by atomic mass is 10.1. The Hall–Kier alpha value is -2.66. The van der Waals surface area contributed by atoms with Crippen molar-refractivity contribution in [2.75, 3.05) is 11.9 Å². The van der Waals surface area contributed by atoms with E-state index in [1.54, 1.807) is 0 Å². The second-order valence-electron chi connectivity index (χ2n) is 7.31. The summed E-state index contributed by atoms with van der Waals surface area (Å²) >= 11 is 5.80. The van der Waals surface area contributed by atoms with E-state index in [1.165, 1.54) is 22.3 Å². The third-order valence-electron chi connectivity index (χ3n) is 4.79. The van der Waals surface area contributed by atoms with Crippen molar-refractivity contribution >= 4 is 23.0 Å². The Morgan fingerprint density at radius 3 is 2.54 bits per heavy atom. The molecular formula is C23H28N4S. The van der Waals surface area contributed by atoms with E-state index >= 15 is 0 Å². The van der Waals surface area contributed by atoms with Gasteiger partial charge in [0.1, 0.15) is 0 Å². The summed E-state index contributed by atoms with van der Waals surface area (Å²) in [6, 6.07) is 14.9. The van der Waals surface area contributed by atoms with Crippen molar-refractivity contribution in [2.24, 2.45) is 0 Å². The molecule has 0 spiro atoms. The quantitative estimate of drug-likeness (QED) is 0.567. The third-order valence-corrected chi connectivity index (χ3v) is 5.15. The van der Waals surface area contributed by atoms with Crippen molar-refractivity contribution in [3.05, 3.63) is 83.4 Å². The molecule has 3 aromatic rings. The first-order valence-corrected chi connectivity index (χ1v) is 10.1. The lowest BCUT2D eigenvalue weighted by Crippen LogP contribution is -2.35. The number of hydrogen-bond acceptors (Lipinski definition) is 2. The van der Waals surface area contributed by atoms with Gasteiger partial charge >= 0.3 is 0 Å². The predicted molar refractivity (Wildman–Crippen MR) is 121 cm³/mol. The summed E-state index contributed by atoms with van der Waals surface area (Å²) in [6.45, 7) is 8.97. The van der Waals surface area contributed by atoms with Gasteiger partial charge in [-0.3, -0.25) is 0 Å². The van der Waals surface area contributed by atoms with E-state index in [0.29, 0.717) is 0 Å². The maximum absolute atomic E-state index is 5.80. The average Bonchev–Trinajstić information content (AvgIpc) is 3.15. The fraction of sp³-hybridized carbons (Fsp3) is 0.304. The molecule has 0 aliphatic carbocycles. The van der Waals surface area contributed by atoms with Crippen LogP contribution in [-0.4, -0.2) is 26.1 Å². The number of aromatic nitrogens is 2. The molecule has 146 valence electrons. The van der Waals surface area contributed by atoms with Crippen molar-refractivity contribution in [3.8, 4) is 0 Å². The predicted octanol–water partition coefficient (Wildman–Crippen LogP) is 5.10. The van der Waals surface area contributed by atoms with Gasteiger partial charge in [-0.15, -0.1) is 0 Å². The summed E-state index contributed by atoms with van der Waals surface area (Å²) in [7, 11) is 0. The first-order valence-electron chi connectivity index (χ1n) is 9.66. The van der Waals surface area contributed by atoms with Crippen LogP contribution in [0.15, 0.2) is 61.2 Å². The van der Waals surface area contributed by atoms with Crippen LogP contribution in [0.5, 0.6) is 0 Å². The van der Waals surface area contributed by atoms with Gasteiger partial charge in [-0.05, 0) is 73.8 Å². The molecule has 4 nitrogen and oxygen atoms in total. The smallest absolute Gasteiger partial charge is 0.173 e. The molecule has 0 amide bonds. The van der Waals surface area contributed by atoms with Crippen LogP contribution >= 0.6 is 12.2 Å². The van der Waals surface area contributed by atoms with E-state index in [0.717, 1.165) is 36.9 Å². The van der Waals surface area contributed by atoms with Crippen molar-refractivity contribution in [3.63, 3.8) is 0 Å². The molecule has 0 radical (unpaired) electrons. The zero-order valence-electron chi connectivity index (χ0n) is 16.9. The highest BCUT2D eigenvalue weighted by Crippen LogP contribution is 2.17. The minimum absolute atomic E-state index is 0.763. The van der Waals surface area contributed by atoms with Gasteiger partial charge in [0.15, 0.2) is 5.11 Å². The lowest BCUT2D eigenvalue weighted by Gasteiger charge is -2.27. The molecule has 1 N–H and O–H groups in total. The lowest BCUT2D eigenvalue weighted by molar-refractivity contribution is 0.395. The number of benzene rings is 2. The van der Waals surface area contributed by atoms with Crippen LogP contribution in [0, 0.1) is 20.8 Å². The standard InChI is InChI=1S/C23H28N4S/c1-18-13-19(2)15-22(14-18)25-23(28)27(11-6-10-26-12-9-24-17-26)16-21-8-5-4-7-20(21)3/h4-5,7-9,12-15,17H,6,10-11,16H2,1-3H3,(H,25,28). The van der Waals surface area contributed by atoms with Crippen molar-refractivity contribution in [1.82, 2.24) is 14.5 Å². The summed E-state index contributed by atoms with van der Waals surface area (Å²) in [4.78, 5) is 6.37. The molecule has 0 bridgehead atoms. The van der Waals surface area contributed by atoms with Crippen LogP contribution in [0.2, 0.25) is 0 Å². The molecule has 0 atom stereocenters. The van der Waals surface area contributed by atoms with Gasteiger partial charge in [0.05, 0.1) is 6.33 Å². The van der Waals surface area contributed by atoms with Gasteiger partial charge < -0.3 is 14.8 Å². The highest BCUT2D eigenvalue weighted by atomic mass is 32.1. The van der Waals surface area contributed by atoms with Crippen LogP contribution in [0.25, 0.3) is 0 Å². The van der Waals surface area contributed by atoms with Crippen LogP contribution in [0.3, 0.4) is 0 Å². The first-order chi connectivity index (χ1) is 13.5. The zero-order valence-corrected chi connectivity index (χ0v) is 17.7. The number of nitrogens with zero attached hydrogens (tertiary/aromatic N) is 3. The Kier molecular flexibility index (Phi) is 6.82. The number of thiocarbonyl (C=S) groups is 1. The summed E-state index contributed by atoms with van der Waals surface area (Å²) in [5.74, 6) is 0. The van der Waals surface area contributed by atoms with Crippen LogP contribution in [-0.2, 0) is 13.1 Å². The summed E-state index contributed by atoms with van der Waals surface area (Å²) < 4.78 is 2.10. The van der Waals surface area contributed by atoms with E-state index < -0.39 is 0 Å². The Balaban J connectivity index is 1.71. The van der Waals surface area contributed by atoms with E-state index in [9.17, 15) is 0 Å². The maximum atomic E-state index is 5.80. The number of rotatable bonds is 7. The van der Waals surface area contributed by atoms with E-state index in [1.807, 2.05) is 18.7 Å². The minimum atomic E-state index is 0.763. The molecule has 0 aliphatic rings. The molecule has 0 aliphatic heterocycles. The second kappa shape index (κ2) is 9.51. The summed E-state index contributed by atoms with van der Waals surface area (Å²) in [5, 5.41) is 4.21. The zero-order chi connectivity index (χ0) is 19.9. The van der Waals surface area contributed by atoms with Crippen LogP contribution < -0.4 is 5.32 Å². The number of nitrogens with one attached hydrogen (secondary N) is 1. The van der Waals surface area contributed by atoms with Crippen molar-refractivity contribution in [2.45, 2.75) is 40.3 Å². The normalized spacial score (nSPS) is 10.7. The summed E-state index contributed by atoms with van der Waals surface area (Å²) in [5.41, 5.74) is 6.10. The number of imidazole rings is 1. The maximum Gasteiger partial charge on any atom is 0.173 e. The molecule has 1 heterocycles. The molecule has 1 aromatic heterocycles. The van der Waals surface area contributed by atoms with Gasteiger partial charge in [0.25, 0.3) is 0 Å². The Labute approximate surface area is 173 Å². The highest BCUT2D eigenvalue weighted by Gasteiger charge is 2.12. The largest absolute Gasteiger partial charge is 0.345 e. The molecule has 5 heteroatoms. The molecule has 3 rings (SSSR count). The monoisotopic (exact) mass is 392 g/mol. The van der Waals surface area contributed by atoms with Crippen LogP contribution in [0.1, 0.15) is 28.7 Å². The Morgan fingerprint density at radius 2 is 1.86 bits per heavy atom. The fourth-order valence-corrected chi connectivity index (χ4v) is 3.63. The van der Waals surface area contributed by atoms with Gasteiger partial charge in [0.2, 0.25) is 0 Å². The molecule has 0 unspecified atom stereocenters. The number of anilines is 1. The van der Waals surface area contributed by atoms with Crippen molar-refractivity contribution < 1.29 is 0 Å². The fourth-order valence-electron chi connectivity index (χ4n) is 3.36. The van der Waals surface area contributed by atoms with Crippen molar-refractivity contribution in [1.29, 1.82) is 0 Å². The SMILES string of the molecule is Cc1cc(C)cc(NC(=S)N(CCCn2ccnc2)Cc2ccccc2C)c1. The summed E-state index contributed by atoms with van der Waals surface area (Å²) in [6.07, 6.45) is 6.67. The molecular weight excluding hydrogens is 364 g/mol. The van der Waals surface area contributed by atoms with Gasteiger partial charge in [0, 0.05) is 37.7 Å². The molecule has 28 heavy (non-hydrogen) atoms. The minimum Gasteiger partial charge on any atom is -0.345 e.